The van der Waals surface area contributed by atoms with E-state index in [0.29, 0.717) is 23.9 Å². The summed E-state index contributed by atoms with van der Waals surface area (Å²) in [6, 6.07) is 10.5. The molecule has 0 spiro atoms. The lowest BCUT2D eigenvalue weighted by Crippen LogP contribution is -2.30. The zero-order valence-corrected chi connectivity index (χ0v) is 21.4. The average molecular weight is 483 g/mol. The lowest BCUT2D eigenvalue weighted by atomic mass is 10.3. The van der Waals surface area contributed by atoms with Crippen LogP contribution < -0.4 is 10.6 Å². The van der Waals surface area contributed by atoms with Crippen molar-refractivity contribution < 1.29 is 8.42 Å². The maximum Gasteiger partial charge on any atom is 0.243 e. The minimum atomic E-state index is -3.50. The Hall–Kier alpha value is -1.68. The molecule has 0 fully saturated rings. The zero-order valence-electron chi connectivity index (χ0n) is 18.8. The van der Waals surface area contributed by atoms with Crippen molar-refractivity contribution in [3.63, 3.8) is 0 Å². The van der Waals surface area contributed by atoms with Crippen molar-refractivity contribution in [3.05, 3.63) is 48.8 Å². The third-order valence-electron chi connectivity index (χ3n) is 4.80. The maximum absolute atomic E-state index is 12.7. The van der Waals surface area contributed by atoms with Gasteiger partial charge in [-0.25, -0.2) is 13.2 Å². The maximum atomic E-state index is 12.7. The highest BCUT2D eigenvalue weighted by molar-refractivity contribution is 7.89. The summed E-state index contributed by atoms with van der Waals surface area (Å²) >= 11 is 5.56. The van der Waals surface area contributed by atoms with Crippen LogP contribution in [0.4, 0.5) is 5.69 Å². The highest BCUT2D eigenvalue weighted by Crippen LogP contribution is 2.52. The standard InChI is InChI=1S/C20H31N6O2PS2/c1-7-26(8-2)31(27,28)19-11-9-17(10-12-19)22-20(30)23-29(24(3)4,25(5)6)18-13-15-21-16-14-18/h9-16H,7-8H2,1-6H3,(H,22,30). The van der Waals surface area contributed by atoms with E-state index in [1.165, 1.54) is 4.31 Å². The second-order valence-electron chi connectivity index (χ2n) is 7.11. The van der Waals surface area contributed by atoms with E-state index >= 15 is 0 Å². The van der Waals surface area contributed by atoms with Crippen molar-refractivity contribution >= 4 is 45.7 Å². The number of nitrogens with one attached hydrogen (secondary N) is 1. The van der Waals surface area contributed by atoms with Gasteiger partial charge in [-0.05, 0) is 76.8 Å². The second-order valence-corrected chi connectivity index (χ2v) is 12.9. The summed E-state index contributed by atoms with van der Waals surface area (Å²) in [5, 5.41) is 4.48. The molecule has 11 heteroatoms. The van der Waals surface area contributed by atoms with Crippen molar-refractivity contribution in [2.24, 2.45) is 4.74 Å². The number of pyridine rings is 1. The topological polar surface area (TPSA) is 81.1 Å². The number of anilines is 1. The number of rotatable bonds is 8. The van der Waals surface area contributed by atoms with Crippen LogP contribution in [0, 0.1) is 0 Å². The molecule has 8 nitrogen and oxygen atoms in total. The van der Waals surface area contributed by atoms with Crippen molar-refractivity contribution in [3.8, 4) is 0 Å². The van der Waals surface area contributed by atoms with E-state index in [4.69, 9.17) is 17.0 Å². The fourth-order valence-corrected chi connectivity index (χ4v) is 8.16. The molecule has 0 unspecified atom stereocenters. The van der Waals surface area contributed by atoms with Gasteiger partial charge in [0, 0.05) is 36.5 Å². The van der Waals surface area contributed by atoms with E-state index in [-0.39, 0.29) is 4.90 Å². The van der Waals surface area contributed by atoms with Gasteiger partial charge in [-0.2, -0.15) is 4.31 Å². The number of aromatic nitrogens is 1. The van der Waals surface area contributed by atoms with Crippen LogP contribution in [0.3, 0.4) is 0 Å². The molecule has 0 aliphatic rings. The lowest BCUT2D eigenvalue weighted by Gasteiger charge is -2.36. The minimum Gasteiger partial charge on any atom is -0.331 e. The first-order valence-electron chi connectivity index (χ1n) is 9.89. The number of hydrogen-bond acceptors (Lipinski definition) is 4. The predicted molar refractivity (Wildman–Crippen MR) is 133 cm³/mol. The molecule has 0 saturated heterocycles. The van der Waals surface area contributed by atoms with Crippen LogP contribution in [-0.4, -0.2) is 73.4 Å². The van der Waals surface area contributed by atoms with Gasteiger partial charge in [-0.3, -0.25) is 14.3 Å². The summed E-state index contributed by atoms with van der Waals surface area (Å²) in [5.74, 6) is 0. The summed E-state index contributed by atoms with van der Waals surface area (Å²) in [5.41, 5.74) is 0.678. The van der Waals surface area contributed by atoms with Gasteiger partial charge in [-0.15, -0.1) is 0 Å². The van der Waals surface area contributed by atoms with E-state index in [2.05, 4.69) is 19.6 Å². The normalized spacial score (nSPS) is 12.4. The Morgan fingerprint density at radius 2 is 1.52 bits per heavy atom. The molecule has 0 bridgehead atoms. The largest absolute Gasteiger partial charge is 0.331 e. The number of benzene rings is 1. The fourth-order valence-electron chi connectivity index (χ4n) is 3.30. The van der Waals surface area contributed by atoms with Gasteiger partial charge in [0.25, 0.3) is 0 Å². The molecule has 0 atom stereocenters. The highest BCUT2D eigenvalue weighted by atomic mass is 32.2. The molecule has 0 aliphatic carbocycles. The molecule has 0 aliphatic heterocycles. The molecule has 2 aromatic rings. The van der Waals surface area contributed by atoms with Crippen LogP contribution in [0.15, 0.2) is 58.4 Å². The molecule has 170 valence electrons. The van der Waals surface area contributed by atoms with Crippen LogP contribution in [-0.2, 0) is 10.0 Å². The average Bonchev–Trinajstić information content (AvgIpc) is 2.73. The zero-order chi connectivity index (χ0) is 23.2. The molecule has 31 heavy (non-hydrogen) atoms. The van der Waals surface area contributed by atoms with E-state index in [1.807, 2.05) is 54.2 Å². The second kappa shape index (κ2) is 10.8. The Morgan fingerprint density at radius 1 is 1.00 bits per heavy atom. The number of hydrogen-bond donors (Lipinski definition) is 1. The van der Waals surface area contributed by atoms with Gasteiger partial charge in [0.15, 0.2) is 5.11 Å². The van der Waals surface area contributed by atoms with Gasteiger partial charge < -0.3 is 5.32 Å². The quantitative estimate of drug-likeness (QED) is 0.457. The summed E-state index contributed by atoms with van der Waals surface area (Å²) in [6.45, 7) is 4.50. The van der Waals surface area contributed by atoms with Crippen molar-refractivity contribution in [1.82, 2.24) is 18.6 Å². The first-order valence-corrected chi connectivity index (χ1v) is 13.4. The SMILES string of the molecule is CCN(CC)S(=O)(=O)c1ccc(NC(=S)N=P(c2ccncc2)(N(C)C)N(C)C)cc1. The first kappa shape index (κ1) is 25.6. The molecule has 1 aromatic carbocycles. The number of sulfonamides is 1. The van der Waals surface area contributed by atoms with Crippen molar-refractivity contribution in [2.75, 3.05) is 46.6 Å². The summed E-state index contributed by atoms with van der Waals surface area (Å²) < 4.78 is 35.9. The summed E-state index contributed by atoms with van der Waals surface area (Å²) in [6.07, 6.45) is 3.50. The monoisotopic (exact) mass is 482 g/mol. The molecule has 1 heterocycles. The van der Waals surface area contributed by atoms with Crippen LogP contribution in [0.5, 0.6) is 0 Å². The molecule has 1 aromatic heterocycles. The fraction of sp³-hybridized carbons (Fsp3) is 0.400. The molecule has 0 amide bonds. The molecule has 1 N–H and O–H groups in total. The van der Waals surface area contributed by atoms with Gasteiger partial charge in [-0.1, -0.05) is 13.8 Å². The Balaban J connectivity index is 2.36. The Morgan fingerprint density at radius 3 is 1.97 bits per heavy atom. The smallest absolute Gasteiger partial charge is 0.243 e. The van der Waals surface area contributed by atoms with Crippen LogP contribution in [0.1, 0.15) is 13.8 Å². The molecule has 2 rings (SSSR count). The van der Waals surface area contributed by atoms with Gasteiger partial charge in [0.2, 0.25) is 10.0 Å². The Bertz CT molecular complexity index is 1030. The van der Waals surface area contributed by atoms with Crippen LogP contribution in [0.2, 0.25) is 0 Å². The van der Waals surface area contributed by atoms with Gasteiger partial charge in [0.05, 0.1) is 4.90 Å². The third kappa shape index (κ3) is 5.58. The molecule has 0 saturated carbocycles. The first-order chi connectivity index (χ1) is 14.6. The van der Waals surface area contributed by atoms with Crippen LogP contribution >= 0.6 is 19.6 Å². The highest BCUT2D eigenvalue weighted by Gasteiger charge is 2.29. The molecular formula is C20H31N6O2PS2. The van der Waals surface area contributed by atoms with E-state index in [1.54, 1.807) is 36.7 Å². The van der Waals surface area contributed by atoms with Crippen molar-refractivity contribution in [2.45, 2.75) is 18.7 Å². The van der Waals surface area contributed by atoms with Crippen LogP contribution in [0.25, 0.3) is 0 Å². The van der Waals surface area contributed by atoms with E-state index in [9.17, 15) is 8.42 Å². The van der Waals surface area contributed by atoms with E-state index in [0.717, 1.165) is 5.30 Å². The molecular weight excluding hydrogens is 451 g/mol. The van der Waals surface area contributed by atoms with Crippen molar-refractivity contribution in [1.29, 1.82) is 0 Å². The number of nitrogens with zero attached hydrogens (tertiary/aromatic N) is 5. The van der Waals surface area contributed by atoms with Gasteiger partial charge in [0.1, 0.15) is 7.36 Å². The Kier molecular flexibility index (Phi) is 8.88. The lowest BCUT2D eigenvalue weighted by molar-refractivity contribution is 0.445. The third-order valence-corrected chi connectivity index (χ3v) is 10.9. The summed E-state index contributed by atoms with van der Waals surface area (Å²) in [7, 11) is 2.12. The molecule has 0 radical (unpaired) electrons. The Labute approximate surface area is 191 Å². The summed E-state index contributed by atoms with van der Waals surface area (Å²) in [4.78, 5) is 4.37. The predicted octanol–water partition coefficient (Wildman–Crippen LogP) is 3.29. The number of thiocarbonyl (C=S) groups is 1. The minimum absolute atomic E-state index is 0.254. The van der Waals surface area contributed by atoms with E-state index < -0.39 is 17.4 Å². The van der Waals surface area contributed by atoms with Gasteiger partial charge >= 0.3 is 0 Å².